The van der Waals surface area contributed by atoms with Crippen molar-refractivity contribution in [1.29, 1.82) is 0 Å². The Balaban J connectivity index is 0.00000117. The van der Waals surface area contributed by atoms with Gasteiger partial charge in [0.1, 0.15) is 23.9 Å². The minimum atomic E-state index is 0.172. The highest BCUT2D eigenvalue weighted by Gasteiger charge is 2.36. The Bertz CT molecular complexity index is 834. The smallest absolute Gasteiger partial charge is 0.261 e. The number of hydrogen-bond acceptors (Lipinski definition) is 6. The van der Waals surface area contributed by atoms with Crippen LogP contribution in [0, 0.1) is 5.92 Å². The number of hydrogen-bond donors (Lipinski definition) is 1. The van der Waals surface area contributed by atoms with Crippen LogP contribution in [0.3, 0.4) is 0 Å². The second kappa shape index (κ2) is 8.85. The summed E-state index contributed by atoms with van der Waals surface area (Å²) < 4.78 is 0.625. The van der Waals surface area contributed by atoms with Crippen LogP contribution in [0.15, 0.2) is 23.6 Å². The Hall–Kier alpha value is -1.90. The summed E-state index contributed by atoms with van der Waals surface area (Å²) in [5.74, 6) is 3.58. The number of amides is 1. The average Bonchev–Trinajstić information content (AvgIpc) is 2.97. The van der Waals surface area contributed by atoms with Crippen LogP contribution in [0.4, 0.5) is 11.6 Å². The number of piperidine rings is 1. The topological polar surface area (TPSA) is 75.4 Å². The molecule has 0 spiro atoms. The molecule has 158 valence electrons. The van der Waals surface area contributed by atoms with E-state index in [0.29, 0.717) is 10.4 Å². The molecule has 0 aromatic carbocycles. The maximum atomic E-state index is 13.0. The molecule has 0 saturated carbocycles. The summed E-state index contributed by atoms with van der Waals surface area (Å²) in [5.41, 5.74) is 6.79. The van der Waals surface area contributed by atoms with E-state index in [4.69, 9.17) is 0 Å². The van der Waals surface area contributed by atoms with E-state index >= 15 is 0 Å². The van der Waals surface area contributed by atoms with Crippen LogP contribution in [0.25, 0.3) is 5.57 Å². The van der Waals surface area contributed by atoms with Gasteiger partial charge in [-0.3, -0.25) is 9.28 Å². The molecule has 0 bridgehead atoms. The number of quaternary nitrogens is 1. The van der Waals surface area contributed by atoms with Gasteiger partial charge in [-0.1, -0.05) is 6.92 Å². The number of nitrogens with two attached hydrogens (primary N) is 1. The summed E-state index contributed by atoms with van der Waals surface area (Å²) in [6.45, 7) is 6.93. The Morgan fingerprint density at radius 2 is 2.03 bits per heavy atom. The number of allylic oxidation sites excluding steroid dienone is 1. The molecule has 2 N–H and O–H groups in total. The molecule has 3 aliphatic rings. The van der Waals surface area contributed by atoms with Crippen LogP contribution in [0.1, 0.15) is 32.3 Å². The van der Waals surface area contributed by atoms with Crippen molar-refractivity contribution in [3.63, 3.8) is 0 Å². The van der Waals surface area contributed by atoms with Crippen LogP contribution in [0.2, 0.25) is 0 Å². The van der Waals surface area contributed by atoms with Crippen LogP contribution < -0.4 is 15.1 Å². The molecule has 1 aromatic rings. The van der Waals surface area contributed by atoms with Crippen LogP contribution in [-0.2, 0) is 4.79 Å². The Morgan fingerprint density at radius 1 is 1.28 bits per heavy atom. The standard InChI is InChI=1S/C20H28N5OS.CH5N/c1-14-6-5-7-24(10-14)20(26)16-11-23(8-9-27-16)18-17-15(2)12-25(3,4)19(17)22-13-21-18;1-2/h11-14H,5-10H2,1-4H3;2H2,1H3/q+1;. The van der Waals surface area contributed by atoms with Gasteiger partial charge in [0.2, 0.25) is 5.82 Å². The number of thioether (sulfide) groups is 1. The zero-order valence-corrected chi connectivity index (χ0v) is 19.0. The van der Waals surface area contributed by atoms with Crippen molar-refractivity contribution in [3.8, 4) is 0 Å². The third kappa shape index (κ3) is 4.34. The van der Waals surface area contributed by atoms with Crippen molar-refractivity contribution in [3.05, 3.63) is 29.2 Å². The molecule has 0 radical (unpaired) electrons. The van der Waals surface area contributed by atoms with E-state index in [1.807, 2.05) is 11.1 Å². The van der Waals surface area contributed by atoms with E-state index in [2.05, 4.69) is 54.7 Å². The first-order chi connectivity index (χ1) is 13.9. The Kier molecular flexibility index (Phi) is 6.65. The zero-order chi connectivity index (χ0) is 21.2. The van der Waals surface area contributed by atoms with Gasteiger partial charge >= 0.3 is 0 Å². The molecule has 1 saturated heterocycles. The average molecular weight is 418 g/mol. The molecule has 29 heavy (non-hydrogen) atoms. The minimum absolute atomic E-state index is 0.172. The second-order valence-corrected chi connectivity index (χ2v) is 9.42. The lowest BCUT2D eigenvalue weighted by Gasteiger charge is -2.33. The van der Waals surface area contributed by atoms with E-state index < -0.39 is 0 Å². The number of anilines is 1. The van der Waals surface area contributed by atoms with Gasteiger partial charge in [0.15, 0.2) is 0 Å². The maximum absolute atomic E-state index is 13.0. The van der Waals surface area contributed by atoms with E-state index in [1.54, 1.807) is 18.1 Å². The highest BCUT2D eigenvalue weighted by Crippen LogP contribution is 2.41. The van der Waals surface area contributed by atoms with Crippen molar-refractivity contribution >= 4 is 34.9 Å². The van der Waals surface area contributed by atoms with Gasteiger partial charge in [-0.2, -0.15) is 4.98 Å². The lowest BCUT2D eigenvalue weighted by molar-refractivity contribution is -0.128. The third-order valence-corrected chi connectivity index (χ3v) is 6.53. The van der Waals surface area contributed by atoms with Crippen LogP contribution in [-0.4, -0.2) is 67.3 Å². The van der Waals surface area contributed by atoms with E-state index in [1.165, 1.54) is 19.0 Å². The van der Waals surface area contributed by atoms with E-state index in [9.17, 15) is 4.79 Å². The number of rotatable bonds is 2. The molecule has 1 amide bonds. The minimum Gasteiger partial charge on any atom is -0.338 e. The molecule has 0 aliphatic carbocycles. The summed E-state index contributed by atoms with van der Waals surface area (Å²) in [6.07, 6.45) is 8.17. The highest BCUT2D eigenvalue weighted by molar-refractivity contribution is 8.04. The fraction of sp³-hybridized carbons (Fsp3) is 0.571. The van der Waals surface area contributed by atoms with Gasteiger partial charge in [-0.25, -0.2) is 4.98 Å². The highest BCUT2D eigenvalue weighted by atomic mass is 32.2. The Morgan fingerprint density at radius 3 is 2.76 bits per heavy atom. The van der Waals surface area contributed by atoms with Crippen molar-refractivity contribution in [2.45, 2.75) is 26.7 Å². The largest absolute Gasteiger partial charge is 0.338 e. The number of carbonyl (C=O) groups excluding carboxylic acids is 1. The van der Waals surface area contributed by atoms with Gasteiger partial charge in [-0.15, -0.1) is 11.8 Å². The lowest BCUT2D eigenvalue weighted by atomic mass is 10.0. The third-order valence-electron chi connectivity index (χ3n) is 5.55. The van der Waals surface area contributed by atoms with Crippen molar-refractivity contribution in [2.24, 2.45) is 11.7 Å². The molecule has 4 rings (SSSR count). The van der Waals surface area contributed by atoms with Crippen molar-refractivity contribution < 1.29 is 4.79 Å². The normalized spacial score (nSPS) is 22.9. The molecule has 1 atom stereocenters. The van der Waals surface area contributed by atoms with Gasteiger partial charge in [0.25, 0.3) is 5.91 Å². The SMILES string of the molecule is CC1=C[N+](C)(C)c2ncnc(N3C=C(C(=O)N4CCCC(C)C4)SCC3)c21.CN. The molecule has 3 aliphatic heterocycles. The van der Waals surface area contributed by atoms with Gasteiger partial charge in [0.05, 0.1) is 19.0 Å². The molecule has 1 aromatic heterocycles. The molecular weight excluding hydrogens is 384 g/mol. The van der Waals surface area contributed by atoms with Gasteiger partial charge in [0, 0.05) is 37.2 Å². The van der Waals surface area contributed by atoms with Crippen molar-refractivity contribution in [2.75, 3.05) is 51.4 Å². The predicted molar refractivity (Wildman–Crippen MR) is 122 cm³/mol. The summed E-state index contributed by atoms with van der Waals surface area (Å²) in [7, 11) is 5.75. The summed E-state index contributed by atoms with van der Waals surface area (Å²) in [6, 6.07) is 0. The first-order valence-electron chi connectivity index (χ1n) is 10.2. The monoisotopic (exact) mass is 417 g/mol. The molecular formula is C21H33N6OS+. The zero-order valence-electron chi connectivity index (χ0n) is 18.2. The fourth-order valence-corrected chi connectivity index (χ4v) is 5.26. The maximum Gasteiger partial charge on any atom is 0.261 e. The van der Waals surface area contributed by atoms with E-state index in [-0.39, 0.29) is 5.91 Å². The van der Waals surface area contributed by atoms with Crippen LogP contribution >= 0.6 is 11.8 Å². The fourth-order valence-electron chi connectivity index (χ4n) is 4.30. The second-order valence-electron chi connectivity index (χ2n) is 8.28. The number of aromatic nitrogens is 2. The Labute approximate surface area is 178 Å². The summed E-state index contributed by atoms with van der Waals surface area (Å²) in [5, 5.41) is 0. The van der Waals surface area contributed by atoms with Gasteiger partial charge in [-0.05, 0) is 32.7 Å². The summed E-state index contributed by atoms with van der Waals surface area (Å²) in [4.78, 5) is 27.2. The number of fused-ring (bicyclic) bond motifs is 1. The lowest BCUT2D eigenvalue weighted by Crippen LogP contribution is -2.40. The molecule has 1 unspecified atom stereocenters. The molecule has 4 heterocycles. The molecule has 7 nitrogen and oxygen atoms in total. The first-order valence-corrected chi connectivity index (χ1v) is 11.2. The van der Waals surface area contributed by atoms with Gasteiger partial charge < -0.3 is 15.5 Å². The molecule has 1 fully saturated rings. The predicted octanol–water partition coefficient (Wildman–Crippen LogP) is 2.65. The summed E-state index contributed by atoms with van der Waals surface area (Å²) >= 11 is 1.66. The van der Waals surface area contributed by atoms with E-state index in [0.717, 1.165) is 53.9 Å². The van der Waals surface area contributed by atoms with Crippen LogP contribution in [0.5, 0.6) is 0 Å². The van der Waals surface area contributed by atoms with Crippen molar-refractivity contribution in [1.82, 2.24) is 19.4 Å². The quantitative estimate of drug-likeness (QED) is 0.746. The first kappa shape index (κ1) is 21.8. The number of carbonyl (C=O) groups is 1. The molecule has 8 heteroatoms. The number of likely N-dealkylation sites (tertiary alicyclic amines) is 1. The number of nitrogens with zero attached hydrogens (tertiary/aromatic N) is 5.